The van der Waals surface area contributed by atoms with Crippen molar-refractivity contribution in [1.82, 2.24) is 15.5 Å². The topological polar surface area (TPSA) is 52.8 Å². The van der Waals surface area contributed by atoms with Gasteiger partial charge in [-0.15, -0.1) is 24.0 Å². The Labute approximate surface area is 173 Å². The maximum absolute atomic E-state index is 5.35. The zero-order valence-electron chi connectivity index (χ0n) is 15.6. The van der Waals surface area contributed by atoms with Crippen molar-refractivity contribution in [2.24, 2.45) is 4.99 Å². The van der Waals surface area contributed by atoms with Gasteiger partial charge in [0, 0.05) is 32.2 Å². The minimum absolute atomic E-state index is 0. The molecule has 1 aromatic carbocycles. The fourth-order valence-corrected chi connectivity index (χ4v) is 3.17. The molecule has 1 unspecified atom stereocenters. The van der Waals surface area contributed by atoms with Gasteiger partial charge in [-0.1, -0.05) is 24.3 Å². The molecule has 142 valence electrons. The van der Waals surface area contributed by atoms with Crippen molar-refractivity contribution in [3.05, 3.63) is 59.5 Å². The molecule has 0 bridgehead atoms. The average molecular weight is 468 g/mol. The highest BCUT2D eigenvalue weighted by Crippen LogP contribution is 2.19. The largest absolute Gasteiger partial charge is 0.467 e. The van der Waals surface area contributed by atoms with E-state index in [0.717, 1.165) is 44.3 Å². The number of hydrogen-bond acceptors (Lipinski definition) is 3. The SMILES string of the molecule is CCNC(=NCc1ccco1)NCC(C)N1CCc2ccccc2C1.I. The lowest BCUT2D eigenvalue weighted by molar-refractivity contribution is 0.191. The molecule has 1 aliphatic rings. The summed E-state index contributed by atoms with van der Waals surface area (Å²) in [6, 6.07) is 13.0. The Balaban J connectivity index is 0.00000243. The van der Waals surface area contributed by atoms with Crippen molar-refractivity contribution in [3.63, 3.8) is 0 Å². The molecule has 3 rings (SSSR count). The number of nitrogens with zero attached hydrogens (tertiary/aromatic N) is 2. The van der Waals surface area contributed by atoms with E-state index in [9.17, 15) is 0 Å². The standard InChI is InChI=1S/C20H28N4O.HI/c1-3-21-20(23-14-19-9-6-12-25-19)22-13-16(2)24-11-10-17-7-4-5-8-18(17)15-24;/h4-9,12,16H,3,10-11,13-15H2,1-2H3,(H2,21,22,23);1H. The zero-order chi connectivity index (χ0) is 17.5. The van der Waals surface area contributed by atoms with Crippen LogP contribution in [0.3, 0.4) is 0 Å². The van der Waals surface area contributed by atoms with Crippen LogP contribution in [0.2, 0.25) is 0 Å². The number of fused-ring (bicyclic) bond motifs is 1. The van der Waals surface area contributed by atoms with Gasteiger partial charge in [0.2, 0.25) is 0 Å². The van der Waals surface area contributed by atoms with Gasteiger partial charge in [-0.3, -0.25) is 4.90 Å². The zero-order valence-corrected chi connectivity index (χ0v) is 17.9. The van der Waals surface area contributed by atoms with Crippen LogP contribution < -0.4 is 10.6 Å². The molecule has 2 aromatic rings. The molecule has 26 heavy (non-hydrogen) atoms. The lowest BCUT2D eigenvalue weighted by Crippen LogP contribution is -2.47. The highest BCUT2D eigenvalue weighted by atomic mass is 127. The predicted molar refractivity (Wildman–Crippen MR) is 117 cm³/mol. The molecule has 0 radical (unpaired) electrons. The van der Waals surface area contributed by atoms with E-state index in [-0.39, 0.29) is 24.0 Å². The van der Waals surface area contributed by atoms with Gasteiger partial charge in [0.1, 0.15) is 12.3 Å². The van der Waals surface area contributed by atoms with E-state index in [4.69, 9.17) is 4.42 Å². The van der Waals surface area contributed by atoms with E-state index in [2.05, 4.69) is 58.6 Å². The minimum atomic E-state index is 0. The second-order valence-electron chi connectivity index (χ2n) is 6.49. The van der Waals surface area contributed by atoms with Crippen LogP contribution in [0.1, 0.15) is 30.7 Å². The molecule has 1 aliphatic heterocycles. The molecular weight excluding hydrogens is 439 g/mol. The summed E-state index contributed by atoms with van der Waals surface area (Å²) in [4.78, 5) is 7.12. The molecule has 0 saturated carbocycles. The third-order valence-electron chi connectivity index (χ3n) is 4.67. The maximum atomic E-state index is 5.35. The van der Waals surface area contributed by atoms with Crippen LogP contribution in [0, 0.1) is 0 Å². The summed E-state index contributed by atoms with van der Waals surface area (Å²) in [7, 11) is 0. The Morgan fingerprint density at radius 1 is 1.19 bits per heavy atom. The van der Waals surface area contributed by atoms with Crippen LogP contribution in [-0.2, 0) is 19.5 Å². The Morgan fingerprint density at radius 2 is 2.00 bits per heavy atom. The second kappa shape index (κ2) is 10.6. The van der Waals surface area contributed by atoms with Crippen molar-refractivity contribution in [2.45, 2.75) is 39.4 Å². The molecule has 2 N–H and O–H groups in total. The number of halogens is 1. The highest BCUT2D eigenvalue weighted by molar-refractivity contribution is 14.0. The van der Waals surface area contributed by atoms with Crippen LogP contribution in [0.25, 0.3) is 0 Å². The number of nitrogens with one attached hydrogen (secondary N) is 2. The number of furan rings is 1. The smallest absolute Gasteiger partial charge is 0.191 e. The molecular formula is C20H29IN4O. The molecule has 0 saturated heterocycles. The molecule has 1 aromatic heterocycles. The summed E-state index contributed by atoms with van der Waals surface area (Å²) >= 11 is 0. The molecule has 1 atom stereocenters. The molecule has 5 nitrogen and oxygen atoms in total. The van der Waals surface area contributed by atoms with E-state index >= 15 is 0 Å². The molecule has 6 heteroatoms. The quantitative estimate of drug-likeness (QED) is 0.388. The van der Waals surface area contributed by atoms with Crippen molar-refractivity contribution in [1.29, 1.82) is 0 Å². The monoisotopic (exact) mass is 468 g/mol. The first-order valence-electron chi connectivity index (χ1n) is 9.11. The Bertz CT molecular complexity index is 687. The molecule has 0 aliphatic carbocycles. The van der Waals surface area contributed by atoms with Crippen LogP contribution in [-0.4, -0.2) is 36.5 Å². The molecule has 0 amide bonds. The molecule has 2 heterocycles. The lowest BCUT2D eigenvalue weighted by atomic mass is 9.99. The van der Waals surface area contributed by atoms with Crippen LogP contribution >= 0.6 is 24.0 Å². The van der Waals surface area contributed by atoms with Gasteiger partial charge in [-0.05, 0) is 43.5 Å². The van der Waals surface area contributed by atoms with Gasteiger partial charge in [-0.2, -0.15) is 0 Å². The Hall–Kier alpha value is -1.54. The summed E-state index contributed by atoms with van der Waals surface area (Å²) in [6.45, 7) is 8.75. The highest BCUT2D eigenvalue weighted by Gasteiger charge is 2.20. The van der Waals surface area contributed by atoms with Gasteiger partial charge >= 0.3 is 0 Å². The summed E-state index contributed by atoms with van der Waals surface area (Å²) in [5, 5.41) is 6.76. The first-order valence-corrected chi connectivity index (χ1v) is 9.11. The first-order chi connectivity index (χ1) is 12.3. The fourth-order valence-electron chi connectivity index (χ4n) is 3.17. The van der Waals surface area contributed by atoms with E-state index in [1.165, 1.54) is 11.1 Å². The number of benzene rings is 1. The van der Waals surface area contributed by atoms with Gasteiger partial charge < -0.3 is 15.1 Å². The molecule has 0 spiro atoms. The summed E-state index contributed by atoms with van der Waals surface area (Å²) < 4.78 is 5.35. The fraction of sp³-hybridized carbons (Fsp3) is 0.450. The van der Waals surface area contributed by atoms with Crippen LogP contribution in [0.4, 0.5) is 0 Å². The third kappa shape index (κ3) is 5.74. The van der Waals surface area contributed by atoms with E-state index in [1.807, 2.05) is 12.1 Å². The average Bonchev–Trinajstić information content (AvgIpc) is 3.17. The van der Waals surface area contributed by atoms with Gasteiger partial charge in [0.25, 0.3) is 0 Å². The minimum Gasteiger partial charge on any atom is -0.467 e. The normalized spacial score (nSPS) is 15.7. The number of aliphatic imine (C=N–C) groups is 1. The van der Waals surface area contributed by atoms with Crippen molar-refractivity contribution >= 4 is 29.9 Å². The molecule has 0 fully saturated rings. The van der Waals surface area contributed by atoms with E-state index in [1.54, 1.807) is 6.26 Å². The van der Waals surface area contributed by atoms with Gasteiger partial charge in [0.15, 0.2) is 5.96 Å². The van der Waals surface area contributed by atoms with Crippen molar-refractivity contribution < 1.29 is 4.42 Å². The van der Waals surface area contributed by atoms with E-state index < -0.39 is 0 Å². The number of guanidine groups is 1. The lowest BCUT2D eigenvalue weighted by Gasteiger charge is -2.34. The maximum Gasteiger partial charge on any atom is 0.191 e. The third-order valence-corrected chi connectivity index (χ3v) is 4.67. The van der Waals surface area contributed by atoms with Crippen LogP contribution in [0.5, 0.6) is 0 Å². The van der Waals surface area contributed by atoms with Crippen LogP contribution in [0.15, 0.2) is 52.1 Å². The summed E-state index contributed by atoms with van der Waals surface area (Å²) in [5.74, 6) is 1.71. The predicted octanol–water partition coefficient (Wildman–Crippen LogP) is 3.40. The first kappa shape index (κ1) is 20.8. The van der Waals surface area contributed by atoms with E-state index in [0.29, 0.717) is 12.6 Å². The van der Waals surface area contributed by atoms with Crippen molar-refractivity contribution in [2.75, 3.05) is 19.6 Å². The second-order valence-corrected chi connectivity index (χ2v) is 6.49. The number of rotatable bonds is 6. The van der Waals surface area contributed by atoms with Gasteiger partial charge in [0.05, 0.1) is 6.26 Å². The Kier molecular flexibility index (Phi) is 8.44. The van der Waals surface area contributed by atoms with Crippen molar-refractivity contribution in [3.8, 4) is 0 Å². The number of hydrogen-bond donors (Lipinski definition) is 2. The Morgan fingerprint density at radius 3 is 2.73 bits per heavy atom. The van der Waals surface area contributed by atoms with Gasteiger partial charge in [-0.25, -0.2) is 4.99 Å². The summed E-state index contributed by atoms with van der Waals surface area (Å²) in [5.41, 5.74) is 2.95. The summed E-state index contributed by atoms with van der Waals surface area (Å²) in [6.07, 6.45) is 2.81.